The van der Waals surface area contributed by atoms with Gasteiger partial charge in [-0.05, 0) is 30.3 Å². The van der Waals surface area contributed by atoms with E-state index in [-0.39, 0.29) is 24.2 Å². The van der Waals surface area contributed by atoms with Gasteiger partial charge in [0.1, 0.15) is 11.5 Å². The van der Waals surface area contributed by atoms with Gasteiger partial charge in [0, 0.05) is 6.07 Å². The van der Waals surface area contributed by atoms with E-state index < -0.39 is 0 Å². The van der Waals surface area contributed by atoms with Crippen molar-refractivity contribution in [2.45, 2.75) is 6.54 Å². The van der Waals surface area contributed by atoms with Crippen molar-refractivity contribution in [3.8, 4) is 11.7 Å². The number of hydrogen-bond donors (Lipinski definition) is 1. The van der Waals surface area contributed by atoms with Crippen LogP contribution in [0.4, 0.5) is 0 Å². The van der Waals surface area contributed by atoms with Gasteiger partial charge in [-0.15, -0.1) is 0 Å². The Morgan fingerprint density at radius 1 is 1.14 bits per heavy atom. The van der Waals surface area contributed by atoms with Crippen molar-refractivity contribution in [2.24, 2.45) is 0 Å². The number of rotatable bonds is 5. The summed E-state index contributed by atoms with van der Waals surface area (Å²) in [5.41, 5.74) is 0. The molecule has 22 heavy (non-hydrogen) atoms. The van der Waals surface area contributed by atoms with E-state index in [9.17, 15) is 4.79 Å². The number of para-hydroxylation sites is 1. The zero-order valence-corrected chi connectivity index (χ0v) is 12.2. The summed E-state index contributed by atoms with van der Waals surface area (Å²) < 4.78 is 16.0. The summed E-state index contributed by atoms with van der Waals surface area (Å²) in [4.78, 5) is 11.9. The molecule has 0 atom stereocenters. The van der Waals surface area contributed by atoms with E-state index in [2.05, 4.69) is 5.32 Å². The molecule has 3 aromatic rings. The second kappa shape index (κ2) is 6.41. The topological polar surface area (TPSA) is 64.6 Å². The highest BCUT2D eigenvalue weighted by Crippen LogP contribution is 2.29. The average molecular weight is 318 g/mol. The maximum absolute atomic E-state index is 11.9. The Hall–Kier alpha value is -2.66. The number of furan rings is 2. The molecular formula is C16H12ClNO4. The van der Waals surface area contributed by atoms with Crippen LogP contribution in [0.25, 0.3) is 0 Å². The molecule has 2 heterocycles. The van der Waals surface area contributed by atoms with Gasteiger partial charge >= 0.3 is 0 Å². The third-order valence-electron chi connectivity index (χ3n) is 2.86. The van der Waals surface area contributed by atoms with Crippen LogP contribution in [0.1, 0.15) is 16.3 Å². The quantitative estimate of drug-likeness (QED) is 0.764. The SMILES string of the molecule is O=C(NCc1ccco1)c1ccc(Oc2ccccc2Cl)o1. The molecule has 0 saturated carbocycles. The summed E-state index contributed by atoms with van der Waals surface area (Å²) in [7, 11) is 0. The van der Waals surface area contributed by atoms with Gasteiger partial charge in [0.15, 0.2) is 5.76 Å². The van der Waals surface area contributed by atoms with Gasteiger partial charge in [-0.1, -0.05) is 23.7 Å². The van der Waals surface area contributed by atoms with Crippen LogP contribution in [0.15, 0.2) is 63.6 Å². The molecular weight excluding hydrogens is 306 g/mol. The molecule has 5 nitrogen and oxygen atoms in total. The van der Waals surface area contributed by atoms with E-state index in [4.69, 9.17) is 25.2 Å². The smallest absolute Gasteiger partial charge is 0.290 e. The van der Waals surface area contributed by atoms with Crippen molar-refractivity contribution in [1.29, 1.82) is 0 Å². The second-order valence-electron chi connectivity index (χ2n) is 4.41. The van der Waals surface area contributed by atoms with Crippen LogP contribution in [-0.4, -0.2) is 5.91 Å². The zero-order valence-electron chi connectivity index (χ0n) is 11.4. The number of benzene rings is 1. The predicted molar refractivity (Wildman–Crippen MR) is 80.1 cm³/mol. The highest BCUT2D eigenvalue weighted by molar-refractivity contribution is 6.32. The molecule has 0 saturated heterocycles. The monoisotopic (exact) mass is 317 g/mol. The van der Waals surface area contributed by atoms with Gasteiger partial charge in [-0.3, -0.25) is 4.79 Å². The van der Waals surface area contributed by atoms with Gasteiger partial charge in [-0.2, -0.15) is 0 Å². The summed E-state index contributed by atoms with van der Waals surface area (Å²) in [6, 6.07) is 13.6. The van der Waals surface area contributed by atoms with Crippen molar-refractivity contribution in [3.63, 3.8) is 0 Å². The molecule has 0 aliphatic rings. The lowest BCUT2D eigenvalue weighted by Gasteiger charge is -2.03. The van der Waals surface area contributed by atoms with Crippen LogP contribution < -0.4 is 10.1 Å². The van der Waals surface area contributed by atoms with Gasteiger partial charge in [-0.25, -0.2) is 0 Å². The van der Waals surface area contributed by atoms with Gasteiger partial charge < -0.3 is 18.9 Å². The number of ether oxygens (including phenoxy) is 1. The third-order valence-corrected chi connectivity index (χ3v) is 3.17. The Kier molecular flexibility index (Phi) is 4.16. The van der Waals surface area contributed by atoms with E-state index in [1.165, 1.54) is 6.07 Å². The van der Waals surface area contributed by atoms with Crippen LogP contribution in [0.3, 0.4) is 0 Å². The number of amides is 1. The summed E-state index contributed by atoms with van der Waals surface area (Å²) in [5.74, 6) is 1.10. The molecule has 0 aliphatic carbocycles. The fraction of sp³-hybridized carbons (Fsp3) is 0.0625. The van der Waals surface area contributed by atoms with E-state index >= 15 is 0 Å². The first kappa shape index (κ1) is 14.3. The Balaban J connectivity index is 1.63. The first-order valence-electron chi connectivity index (χ1n) is 6.55. The molecule has 2 aromatic heterocycles. The molecule has 1 amide bonds. The van der Waals surface area contributed by atoms with E-state index in [1.54, 1.807) is 48.7 Å². The van der Waals surface area contributed by atoms with Crippen LogP contribution in [0, 0.1) is 0 Å². The van der Waals surface area contributed by atoms with Gasteiger partial charge in [0.05, 0.1) is 17.8 Å². The van der Waals surface area contributed by atoms with E-state index in [0.717, 1.165) is 0 Å². The molecule has 0 spiro atoms. The summed E-state index contributed by atoms with van der Waals surface area (Å²) in [5, 5.41) is 3.14. The first-order valence-corrected chi connectivity index (χ1v) is 6.93. The van der Waals surface area contributed by atoms with Crippen LogP contribution in [0.2, 0.25) is 5.02 Å². The minimum atomic E-state index is -0.356. The van der Waals surface area contributed by atoms with Gasteiger partial charge in [0.25, 0.3) is 11.9 Å². The normalized spacial score (nSPS) is 10.4. The van der Waals surface area contributed by atoms with E-state index in [1.807, 2.05) is 0 Å². The summed E-state index contributed by atoms with van der Waals surface area (Å²) in [6.07, 6.45) is 1.55. The molecule has 1 aromatic carbocycles. The Labute approximate surface area is 131 Å². The predicted octanol–water partition coefficient (Wildman–Crippen LogP) is 4.25. The lowest BCUT2D eigenvalue weighted by atomic mass is 10.3. The largest absolute Gasteiger partial charge is 0.467 e. The Morgan fingerprint density at radius 3 is 2.77 bits per heavy atom. The number of halogens is 1. The number of carbonyl (C=O) groups excluding carboxylic acids is 1. The van der Waals surface area contributed by atoms with Crippen LogP contribution in [0.5, 0.6) is 11.7 Å². The molecule has 0 unspecified atom stereocenters. The Morgan fingerprint density at radius 2 is 2.00 bits per heavy atom. The lowest BCUT2D eigenvalue weighted by Crippen LogP contribution is -2.21. The maximum atomic E-state index is 11.9. The molecule has 0 radical (unpaired) electrons. The summed E-state index contributed by atoms with van der Waals surface area (Å²) >= 11 is 5.99. The standard InChI is InChI=1S/C16H12ClNO4/c17-12-5-1-2-6-13(12)21-15-8-7-14(22-15)16(19)18-10-11-4-3-9-20-11/h1-9H,10H2,(H,18,19). The molecule has 112 valence electrons. The molecule has 3 rings (SSSR count). The van der Waals surface area contributed by atoms with Crippen molar-refractivity contribution in [1.82, 2.24) is 5.32 Å². The minimum absolute atomic E-state index is 0.147. The fourth-order valence-corrected chi connectivity index (χ4v) is 1.97. The summed E-state index contributed by atoms with van der Waals surface area (Å²) in [6.45, 7) is 0.285. The minimum Gasteiger partial charge on any atom is -0.467 e. The number of carbonyl (C=O) groups is 1. The van der Waals surface area contributed by atoms with Gasteiger partial charge in [0.2, 0.25) is 0 Å². The van der Waals surface area contributed by atoms with Crippen molar-refractivity contribution in [2.75, 3.05) is 0 Å². The lowest BCUT2D eigenvalue weighted by molar-refractivity contribution is 0.0915. The molecule has 1 N–H and O–H groups in total. The van der Waals surface area contributed by atoms with E-state index in [0.29, 0.717) is 16.5 Å². The number of hydrogen-bond acceptors (Lipinski definition) is 4. The highest BCUT2D eigenvalue weighted by Gasteiger charge is 2.13. The number of nitrogens with one attached hydrogen (secondary N) is 1. The molecule has 6 heteroatoms. The van der Waals surface area contributed by atoms with Crippen LogP contribution in [-0.2, 0) is 6.54 Å². The van der Waals surface area contributed by atoms with Crippen LogP contribution >= 0.6 is 11.6 Å². The van der Waals surface area contributed by atoms with Crippen molar-refractivity contribution >= 4 is 17.5 Å². The second-order valence-corrected chi connectivity index (χ2v) is 4.82. The van der Waals surface area contributed by atoms with Crippen molar-refractivity contribution < 1.29 is 18.4 Å². The zero-order chi connectivity index (χ0) is 15.4. The average Bonchev–Trinajstić information content (AvgIpc) is 3.19. The molecule has 0 bridgehead atoms. The molecule has 0 fully saturated rings. The maximum Gasteiger partial charge on any atom is 0.290 e. The fourth-order valence-electron chi connectivity index (χ4n) is 1.80. The molecule has 0 aliphatic heterocycles. The first-order chi connectivity index (χ1) is 10.7. The Bertz CT molecular complexity index is 764. The highest BCUT2D eigenvalue weighted by atomic mass is 35.5. The van der Waals surface area contributed by atoms with Crippen molar-refractivity contribution in [3.05, 3.63) is 71.3 Å². The third kappa shape index (κ3) is 3.32.